The Morgan fingerprint density at radius 3 is 2.75 bits per heavy atom. The van der Waals surface area contributed by atoms with Crippen molar-refractivity contribution in [1.82, 2.24) is 4.98 Å². The van der Waals surface area contributed by atoms with Crippen LogP contribution in [0, 0.1) is 0 Å². The van der Waals surface area contributed by atoms with Crippen LogP contribution in [0.25, 0.3) is 0 Å². The average Bonchev–Trinajstić information content (AvgIpc) is 2.35. The first-order valence-corrected chi connectivity index (χ1v) is 7.96. The average molecular weight is 299 g/mol. The van der Waals surface area contributed by atoms with Crippen LogP contribution in [0.5, 0.6) is 5.88 Å². The number of nitrogen functional groups attached to an aromatic ring is 1. The fourth-order valence-corrected chi connectivity index (χ4v) is 2.23. The third kappa shape index (κ3) is 6.86. The lowest BCUT2D eigenvalue weighted by Crippen LogP contribution is -2.24. The van der Waals surface area contributed by atoms with Crippen molar-refractivity contribution in [3.05, 3.63) is 12.1 Å². The van der Waals surface area contributed by atoms with Gasteiger partial charge in [0.05, 0.1) is 5.69 Å². The molecule has 1 aromatic rings. The number of hydrogen-bond acceptors (Lipinski definition) is 6. The second kappa shape index (κ2) is 8.21. The van der Waals surface area contributed by atoms with Gasteiger partial charge in [0, 0.05) is 18.9 Å². The molecule has 0 aliphatic carbocycles. The zero-order valence-corrected chi connectivity index (χ0v) is 13.3. The predicted molar refractivity (Wildman–Crippen MR) is 86.5 cm³/mol. The van der Waals surface area contributed by atoms with Crippen molar-refractivity contribution in [2.75, 3.05) is 35.7 Å². The van der Waals surface area contributed by atoms with E-state index in [4.69, 9.17) is 15.6 Å². The summed E-state index contributed by atoms with van der Waals surface area (Å²) >= 11 is 1.81. The zero-order valence-electron chi connectivity index (χ0n) is 12.5. The quantitative estimate of drug-likeness (QED) is 0.639. The summed E-state index contributed by atoms with van der Waals surface area (Å²) in [6.07, 6.45) is 0.842. The monoisotopic (exact) mass is 299 g/mol. The highest BCUT2D eigenvalue weighted by Gasteiger charge is 2.15. The molecule has 1 aromatic heterocycles. The van der Waals surface area contributed by atoms with Crippen LogP contribution in [-0.2, 0) is 0 Å². The van der Waals surface area contributed by atoms with Gasteiger partial charge in [-0.3, -0.25) is 0 Å². The Balaban J connectivity index is 2.45. The molecule has 0 aromatic carbocycles. The molecule has 5 nitrogen and oxygen atoms in total. The molecule has 0 spiro atoms. The second-order valence-corrected chi connectivity index (χ2v) is 6.65. The lowest BCUT2D eigenvalue weighted by molar-refractivity contribution is 0.125. The van der Waals surface area contributed by atoms with Crippen molar-refractivity contribution in [2.45, 2.75) is 32.8 Å². The number of ether oxygens (including phenoxy) is 1. The summed E-state index contributed by atoms with van der Waals surface area (Å²) in [4.78, 5) is 4.38. The Morgan fingerprint density at radius 2 is 2.10 bits per heavy atom. The van der Waals surface area contributed by atoms with Gasteiger partial charge in [-0.15, -0.1) is 0 Å². The van der Waals surface area contributed by atoms with E-state index in [0.717, 1.165) is 30.3 Å². The second-order valence-electron chi connectivity index (χ2n) is 5.42. The maximum absolute atomic E-state index is 8.69. The predicted octanol–water partition coefficient (Wildman–Crippen LogP) is 2.37. The molecule has 0 saturated heterocycles. The molecule has 0 unspecified atom stereocenters. The smallest absolute Gasteiger partial charge is 0.239 e. The maximum Gasteiger partial charge on any atom is 0.239 e. The molecule has 1 rings (SSSR count). The molecule has 0 aliphatic heterocycles. The fraction of sp³-hybridized carbons (Fsp3) is 0.643. The minimum atomic E-state index is -0.320. The molecule has 0 saturated carbocycles. The summed E-state index contributed by atoms with van der Waals surface area (Å²) in [5, 5.41) is 11.9. The number of aromatic nitrogens is 1. The molecule has 1 heterocycles. The SMILES string of the molecule is CC(C)(C)Oc1nc(NCCSCCCO)ccc1N. The van der Waals surface area contributed by atoms with Crippen LogP contribution in [0.4, 0.5) is 11.5 Å². The van der Waals surface area contributed by atoms with Crippen LogP contribution in [0.2, 0.25) is 0 Å². The summed E-state index contributed by atoms with van der Waals surface area (Å²) < 4.78 is 5.72. The Labute approximate surface area is 125 Å². The third-order valence-corrected chi connectivity index (χ3v) is 3.36. The number of aliphatic hydroxyl groups excluding tert-OH is 1. The Morgan fingerprint density at radius 1 is 1.35 bits per heavy atom. The van der Waals surface area contributed by atoms with Crippen molar-refractivity contribution in [1.29, 1.82) is 0 Å². The summed E-state index contributed by atoms with van der Waals surface area (Å²) in [5.41, 5.74) is 6.09. The van der Waals surface area contributed by atoms with Gasteiger partial charge in [0.25, 0.3) is 0 Å². The number of aliphatic hydroxyl groups is 1. The number of hydrogen-bond donors (Lipinski definition) is 3. The van der Waals surface area contributed by atoms with Gasteiger partial charge in [-0.2, -0.15) is 16.7 Å². The highest BCUT2D eigenvalue weighted by molar-refractivity contribution is 7.99. The summed E-state index contributed by atoms with van der Waals surface area (Å²) in [5.74, 6) is 3.18. The Kier molecular flexibility index (Phi) is 6.95. The highest BCUT2D eigenvalue weighted by atomic mass is 32.2. The molecule has 20 heavy (non-hydrogen) atoms. The number of pyridine rings is 1. The van der Waals surface area contributed by atoms with Gasteiger partial charge < -0.3 is 20.9 Å². The Bertz CT molecular complexity index is 408. The first-order valence-electron chi connectivity index (χ1n) is 6.80. The maximum atomic E-state index is 8.69. The van der Waals surface area contributed by atoms with E-state index in [1.807, 2.05) is 38.6 Å². The van der Waals surface area contributed by atoms with Crippen LogP contribution < -0.4 is 15.8 Å². The zero-order chi connectivity index (χ0) is 15.0. The van der Waals surface area contributed by atoms with Crippen LogP contribution in [0.3, 0.4) is 0 Å². The molecule has 4 N–H and O–H groups in total. The number of nitrogens with two attached hydrogens (primary N) is 1. The van der Waals surface area contributed by atoms with Gasteiger partial charge >= 0.3 is 0 Å². The van der Waals surface area contributed by atoms with E-state index in [1.165, 1.54) is 0 Å². The van der Waals surface area contributed by atoms with E-state index in [0.29, 0.717) is 11.6 Å². The van der Waals surface area contributed by atoms with E-state index in [1.54, 1.807) is 6.07 Å². The van der Waals surface area contributed by atoms with E-state index in [9.17, 15) is 0 Å². The molecular formula is C14H25N3O2S. The topological polar surface area (TPSA) is 80.4 Å². The number of nitrogens with one attached hydrogen (secondary N) is 1. The molecule has 0 amide bonds. The molecule has 0 aliphatic rings. The van der Waals surface area contributed by atoms with Crippen molar-refractivity contribution in [3.8, 4) is 5.88 Å². The fourth-order valence-electron chi connectivity index (χ4n) is 1.44. The van der Waals surface area contributed by atoms with Gasteiger partial charge in [-0.1, -0.05) is 0 Å². The number of anilines is 2. The number of nitrogens with zero attached hydrogens (tertiary/aromatic N) is 1. The summed E-state index contributed by atoms with van der Waals surface area (Å²) in [6, 6.07) is 3.65. The minimum Gasteiger partial charge on any atom is -0.470 e. The summed E-state index contributed by atoms with van der Waals surface area (Å²) in [6.45, 7) is 6.97. The van der Waals surface area contributed by atoms with Crippen LogP contribution in [0.1, 0.15) is 27.2 Å². The molecule has 114 valence electrons. The first-order chi connectivity index (χ1) is 9.42. The normalized spacial score (nSPS) is 11.4. The van der Waals surface area contributed by atoms with Crippen LogP contribution >= 0.6 is 11.8 Å². The van der Waals surface area contributed by atoms with Crippen LogP contribution in [-0.4, -0.2) is 40.3 Å². The van der Waals surface area contributed by atoms with Crippen molar-refractivity contribution < 1.29 is 9.84 Å². The van der Waals surface area contributed by atoms with E-state index >= 15 is 0 Å². The number of thioether (sulfide) groups is 1. The molecular weight excluding hydrogens is 274 g/mol. The minimum absolute atomic E-state index is 0.257. The lowest BCUT2D eigenvalue weighted by atomic mass is 10.2. The molecule has 0 bridgehead atoms. The van der Waals surface area contributed by atoms with E-state index in [2.05, 4.69) is 10.3 Å². The largest absolute Gasteiger partial charge is 0.470 e. The van der Waals surface area contributed by atoms with Crippen molar-refractivity contribution in [3.63, 3.8) is 0 Å². The first kappa shape index (κ1) is 16.9. The van der Waals surface area contributed by atoms with Gasteiger partial charge in [-0.25, -0.2) is 0 Å². The van der Waals surface area contributed by atoms with Gasteiger partial charge in [0.1, 0.15) is 11.4 Å². The third-order valence-electron chi connectivity index (χ3n) is 2.29. The number of rotatable bonds is 8. The molecule has 6 heteroatoms. The van der Waals surface area contributed by atoms with Crippen LogP contribution in [0.15, 0.2) is 12.1 Å². The van der Waals surface area contributed by atoms with Crippen molar-refractivity contribution >= 4 is 23.3 Å². The highest BCUT2D eigenvalue weighted by Crippen LogP contribution is 2.24. The molecule has 0 radical (unpaired) electrons. The van der Waals surface area contributed by atoms with E-state index < -0.39 is 0 Å². The Hall–Kier alpha value is -1.14. The van der Waals surface area contributed by atoms with E-state index in [-0.39, 0.29) is 12.2 Å². The lowest BCUT2D eigenvalue weighted by Gasteiger charge is -2.21. The van der Waals surface area contributed by atoms with Gasteiger partial charge in [0.15, 0.2) is 0 Å². The molecule has 0 fully saturated rings. The van der Waals surface area contributed by atoms with Gasteiger partial charge in [0.2, 0.25) is 5.88 Å². The summed E-state index contributed by atoms with van der Waals surface area (Å²) in [7, 11) is 0. The standard InChI is InChI=1S/C14H25N3O2S/c1-14(2,3)19-13-11(15)5-6-12(17-13)16-7-10-20-9-4-8-18/h5-6,18H,4,7-10,15H2,1-3H3,(H,16,17). The molecule has 0 atom stereocenters. The van der Waals surface area contributed by atoms with Gasteiger partial charge in [-0.05, 0) is 45.1 Å². The van der Waals surface area contributed by atoms with Crippen molar-refractivity contribution in [2.24, 2.45) is 0 Å².